The van der Waals surface area contributed by atoms with Gasteiger partial charge in [-0.05, 0) is 13.0 Å². The quantitative estimate of drug-likeness (QED) is 0.730. The average Bonchev–Trinajstić information content (AvgIpc) is 2.03. The lowest BCUT2D eigenvalue weighted by Crippen LogP contribution is -2.06. The predicted molar refractivity (Wildman–Crippen MR) is 46.2 cm³/mol. The molecule has 1 heterocycles. The number of rotatable bonds is 3. The number of ether oxygens (including phenoxy) is 1. The second kappa shape index (κ2) is 4.07. The Hall–Kier alpha value is -1.09. The number of methoxy groups -OCH3 is 1. The molecule has 1 N–H and O–H groups in total. The van der Waals surface area contributed by atoms with E-state index in [-0.39, 0.29) is 6.10 Å². The molecule has 1 atom stereocenters. The maximum atomic E-state index is 9.09. The van der Waals surface area contributed by atoms with Crippen molar-refractivity contribution in [3.8, 4) is 5.88 Å². The lowest BCUT2D eigenvalue weighted by atomic mass is 10.2. The van der Waals surface area contributed by atoms with E-state index in [1.807, 2.05) is 12.1 Å². The van der Waals surface area contributed by atoms with E-state index in [1.165, 1.54) is 0 Å². The van der Waals surface area contributed by atoms with Gasteiger partial charge in [0.1, 0.15) is 0 Å². The van der Waals surface area contributed by atoms with Gasteiger partial charge in [0.25, 0.3) is 0 Å². The first kappa shape index (κ1) is 9.00. The third-order valence-electron chi connectivity index (χ3n) is 1.49. The molecule has 0 amide bonds. The van der Waals surface area contributed by atoms with Crippen molar-refractivity contribution in [1.82, 2.24) is 4.98 Å². The molecule has 0 aliphatic rings. The highest BCUT2D eigenvalue weighted by molar-refractivity contribution is 5.15. The number of aliphatic hydroxyl groups is 1. The van der Waals surface area contributed by atoms with Crippen LogP contribution in [0.25, 0.3) is 0 Å². The zero-order valence-corrected chi connectivity index (χ0v) is 7.32. The average molecular weight is 167 g/mol. The molecule has 66 valence electrons. The molecule has 3 heteroatoms. The Kier molecular flexibility index (Phi) is 3.05. The highest BCUT2D eigenvalue weighted by Crippen LogP contribution is 2.07. The van der Waals surface area contributed by atoms with E-state index in [9.17, 15) is 0 Å². The molecule has 0 saturated carbocycles. The molecule has 12 heavy (non-hydrogen) atoms. The Labute approximate surface area is 72.0 Å². The number of hydrogen-bond donors (Lipinski definition) is 1. The van der Waals surface area contributed by atoms with Crippen molar-refractivity contribution < 1.29 is 9.84 Å². The summed E-state index contributed by atoms with van der Waals surface area (Å²) in [6.07, 6.45) is 0.210. The molecule has 0 fully saturated rings. The van der Waals surface area contributed by atoms with Gasteiger partial charge in [-0.25, -0.2) is 4.98 Å². The SMILES string of the molecule is COc1cccc(CC(C)O)n1. The summed E-state index contributed by atoms with van der Waals surface area (Å²) in [4.78, 5) is 4.15. The van der Waals surface area contributed by atoms with Crippen LogP contribution in [0.5, 0.6) is 5.88 Å². The Morgan fingerprint density at radius 1 is 1.58 bits per heavy atom. The molecule has 1 rings (SSSR count). The molecule has 0 aromatic carbocycles. The van der Waals surface area contributed by atoms with Gasteiger partial charge in [-0.2, -0.15) is 0 Å². The van der Waals surface area contributed by atoms with Gasteiger partial charge in [-0.15, -0.1) is 0 Å². The summed E-state index contributed by atoms with van der Waals surface area (Å²) in [7, 11) is 1.58. The van der Waals surface area contributed by atoms with Gasteiger partial charge in [0.05, 0.1) is 13.2 Å². The number of pyridine rings is 1. The van der Waals surface area contributed by atoms with Gasteiger partial charge in [0.15, 0.2) is 0 Å². The van der Waals surface area contributed by atoms with Crippen molar-refractivity contribution in [1.29, 1.82) is 0 Å². The fraction of sp³-hybridized carbons (Fsp3) is 0.444. The van der Waals surface area contributed by atoms with Crippen molar-refractivity contribution in [2.24, 2.45) is 0 Å². The van der Waals surface area contributed by atoms with Crippen LogP contribution in [-0.2, 0) is 6.42 Å². The van der Waals surface area contributed by atoms with Crippen molar-refractivity contribution in [2.75, 3.05) is 7.11 Å². The van der Waals surface area contributed by atoms with Crippen molar-refractivity contribution >= 4 is 0 Å². The summed E-state index contributed by atoms with van der Waals surface area (Å²) in [5, 5.41) is 9.09. The van der Waals surface area contributed by atoms with Crippen molar-refractivity contribution in [2.45, 2.75) is 19.4 Å². The largest absolute Gasteiger partial charge is 0.481 e. The maximum absolute atomic E-state index is 9.09. The second-order valence-electron chi connectivity index (χ2n) is 2.72. The first-order chi connectivity index (χ1) is 5.72. The zero-order valence-electron chi connectivity index (χ0n) is 7.32. The normalized spacial score (nSPS) is 12.6. The number of aliphatic hydroxyl groups excluding tert-OH is 1. The minimum atomic E-state index is -0.357. The van der Waals surface area contributed by atoms with Crippen LogP contribution in [-0.4, -0.2) is 23.3 Å². The summed E-state index contributed by atoms with van der Waals surface area (Å²) in [5.74, 6) is 0.591. The zero-order chi connectivity index (χ0) is 8.97. The summed E-state index contributed by atoms with van der Waals surface area (Å²) < 4.78 is 4.94. The number of hydrogen-bond acceptors (Lipinski definition) is 3. The summed E-state index contributed by atoms with van der Waals surface area (Å²) >= 11 is 0. The molecule has 0 radical (unpaired) electrons. The van der Waals surface area contributed by atoms with Crippen molar-refractivity contribution in [3.63, 3.8) is 0 Å². The first-order valence-corrected chi connectivity index (χ1v) is 3.90. The van der Waals surface area contributed by atoms with Crippen LogP contribution >= 0.6 is 0 Å². The van der Waals surface area contributed by atoms with Gasteiger partial charge in [-0.3, -0.25) is 0 Å². The topological polar surface area (TPSA) is 42.4 Å². The molecule has 0 spiro atoms. The van der Waals surface area contributed by atoms with E-state index in [1.54, 1.807) is 20.1 Å². The standard InChI is InChI=1S/C9H13NO2/c1-7(11)6-8-4-3-5-9(10-8)12-2/h3-5,7,11H,6H2,1-2H3. The molecule has 3 nitrogen and oxygen atoms in total. The molecule has 0 bridgehead atoms. The van der Waals surface area contributed by atoms with Gasteiger partial charge in [-0.1, -0.05) is 6.07 Å². The van der Waals surface area contributed by atoms with Crippen LogP contribution in [0.3, 0.4) is 0 Å². The van der Waals surface area contributed by atoms with Crippen LogP contribution in [0.15, 0.2) is 18.2 Å². The van der Waals surface area contributed by atoms with E-state index in [0.717, 1.165) is 5.69 Å². The number of aromatic nitrogens is 1. The molecule has 1 aromatic rings. The molecule has 0 aliphatic carbocycles. The Bertz CT molecular complexity index is 248. The monoisotopic (exact) mass is 167 g/mol. The fourth-order valence-electron chi connectivity index (χ4n) is 0.988. The predicted octanol–water partition coefficient (Wildman–Crippen LogP) is 1.01. The van der Waals surface area contributed by atoms with Crippen LogP contribution in [0.1, 0.15) is 12.6 Å². The van der Waals surface area contributed by atoms with Crippen molar-refractivity contribution in [3.05, 3.63) is 23.9 Å². The molecular formula is C9H13NO2. The van der Waals surface area contributed by atoms with Gasteiger partial charge < -0.3 is 9.84 Å². The summed E-state index contributed by atoms with van der Waals surface area (Å²) in [6, 6.07) is 5.52. The Balaban J connectivity index is 2.72. The fourth-order valence-corrected chi connectivity index (χ4v) is 0.988. The Morgan fingerprint density at radius 3 is 2.92 bits per heavy atom. The van der Waals surface area contributed by atoms with E-state index < -0.39 is 0 Å². The lowest BCUT2D eigenvalue weighted by molar-refractivity contribution is 0.194. The van der Waals surface area contributed by atoms with Gasteiger partial charge in [0, 0.05) is 18.2 Å². The maximum Gasteiger partial charge on any atom is 0.213 e. The highest BCUT2D eigenvalue weighted by Gasteiger charge is 2.00. The van der Waals surface area contributed by atoms with E-state index in [4.69, 9.17) is 9.84 Å². The third-order valence-corrected chi connectivity index (χ3v) is 1.49. The highest BCUT2D eigenvalue weighted by atomic mass is 16.5. The van der Waals surface area contributed by atoms with Crippen LogP contribution in [0, 0.1) is 0 Å². The van der Waals surface area contributed by atoms with Crippen LogP contribution < -0.4 is 4.74 Å². The third kappa shape index (κ3) is 2.51. The molecule has 1 unspecified atom stereocenters. The molecule has 0 saturated heterocycles. The molecular weight excluding hydrogens is 154 g/mol. The first-order valence-electron chi connectivity index (χ1n) is 3.90. The van der Waals surface area contributed by atoms with E-state index >= 15 is 0 Å². The second-order valence-corrected chi connectivity index (χ2v) is 2.72. The van der Waals surface area contributed by atoms with E-state index in [0.29, 0.717) is 12.3 Å². The van der Waals surface area contributed by atoms with Crippen LogP contribution in [0.4, 0.5) is 0 Å². The summed E-state index contributed by atoms with van der Waals surface area (Å²) in [5.41, 5.74) is 0.851. The summed E-state index contributed by atoms with van der Waals surface area (Å²) in [6.45, 7) is 1.74. The lowest BCUT2D eigenvalue weighted by Gasteiger charge is -2.04. The number of nitrogens with zero attached hydrogens (tertiary/aromatic N) is 1. The minimum Gasteiger partial charge on any atom is -0.481 e. The van der Waals surface area contributed by atoms with Crippen LogP contribution in [0.2, 0.25) is 0 Å². The van der Waals surface area contributed by atoms with Gasteiger partial charge >= 0.3 is 0 Å². The molecule has 0 aliphatic heterocycles. The minimum absolute atomic E-state index is 0.357. The smallest absolute Gasteiger partial charge is 0.213 e. The van der Waals surface area contributed by atoms with Gasteiger partial charge in [0.2, 0.25) is 5.88 Å². The molecule has 1 aromatic heterocycles. The Morgan fingerprint density at radius 2 is 2.33 bits per heavy atom. The van der Waals surface area contributed by atoms with E-state index in [2.05, 4.69) is 4.98 Å².